The van der Waals surface area contributed by atoms with Crippen LogP contribution in [0.3, 0.4) is 0 Å². The summed E-state index contributed by atoms with van der Waals surface area (Å²) in [6, 6.07) is 0.357. The van der Waals surface area contributed by atoms with Gasteiger partial charge in [0.1, 0.15) is 0 Å². The normalized spacial score (nSPS) is 39.3. The molecular weight excluding hydrogens is 170 g/mol. The molecule has 1 nitrogen and oxygen atoms in total. The maximum Gasteiger partial charge on any atom is 0.0226 e. The molecule has 0 aromatic heterocycles. The quantitative estimate of drug-likeness (QED) is 0.636. The zero-order chi connectivity index (χ0) is 9.97. The van der Waals surface area contributed by atoms with Crippen molar-refractivity contribution in [3.05, 3.63) is 11.6 Å². The highest BCUT2D eigenvalue weighted by Gasteiger charge is 2.23. The van der Waals surface area contributed by atoms with E-state index in [9.17, 15) is 0 Å². The third-order valence-electron chi connectivity index (χ3n) is 3.89. The average molecular weight is 193 g/mol. The van der Waals surface area contributed by atoms with Crippen LogP contribution in [0, 0.1) is 11.8 Å². The molecule has 0 spiro atoms. The second-order valence-electron chi connectivity index (χ2n) is 5.27. The molecule has 0 radical (unpaired) electrons. The minimum absolute atomic E-state index is 0.357. The van der Waals surface area contributed by atoms with Gasteiger partial charge >= 0.3 is 0 Å². The number of rotatable bonds is 1. The summed E-state index contributed by atoms with van der Waals surface area (Å²) in [5.74, 6) is 1.82. The molecule has 0 amide bonds. The van der Waals surface area contributed by atoms with Crippen LogP contribution in [0.4, 0.5) is 0 Å². The van der Waals surface area contributed by atoms with Crippen molar-refractivity contribution in [1.82, 2.24) is 0 Å². The summed E-state index contributed by atoms with van der Waals surface area (Å²) in [7, 11) is 0. The largest absolute Gasteiger partial charge is 0.324 e. The van der Waals surface area contributed by atoms with Gasteiger partial charge < -0.3 is 5.73 Å². The molecule has 80 valence electrons. The van der Waals surface area contributed by atoms with Gasteiger partial charge in [-0.3, -0.25) is 0 Å². The van der Waals surface area contributed by atoms with E-state index >= 15 is 0 Å². The van der Waals surface area contributed by atoms with Crippen LogP contribution < -0.4 is 5.73 Å². The first-order valence-electron chi connectivity index (χ1n) is 6.22. The highest BCUT2D eigenvalue weighted by atomic mass is 14.6. The van der Waals surface area contributed by atoms with Gasteiger partial charge in [0, 0.05) is 6.04 Å². The molecule has 2 aliphatic rings. The Hall–Kier alpha value is -0.300. The van der Waals surface area contributed by atoms with E-state index in [-0.39, 0.29) is 0 Å². The van der Waals surface area contributed by atoms with E-state index in [4.69, 9.17) is 5.73 Å². The SMILES string of the molecule is CC1CCCC(C2=CC(N)CCC2)C1. The van der Waals surface area contributed by atoms with Crippen molar-refractivity contribution in [1.29, 1.82) is 0 Å². The van der Waals surface area contributed by atoms with Crippen LogP contribution in [0.1, 0.15) is 51.9 Å². The van der Waals surface area contributed by atoms with Crippen LogP contribution in [-0.4, -0.2) is 6.04 Å². The Morgan fingerprint density at radius 3 is 2.79 bits per heavy atom. The highest BCUT2D eigenvalue weighted by molar-refractivity contribution is 5.14. The van der Waals surface area contributed by atoms with Crippen LogP contribution in [0.15, 0.2) is 11.6 Å². The maximum absolute atomic E-state index is 5.99. The molecule has 2 aliphatic carbocycles. The van der Waals surface area contributed by atoms with Crippen LogP contribution in [-0.2, 0) is 0 Å². The van der Waals surface area contributed by atoms with Gasteiger partial charge in [-0.2, -0.15) is 0 Å². The molecule has 14 heavy (non-hydrogen) atoms. The van der Waals surface area contributed by atoms with Crippen molar-refractivity contribution in [2.45, 2.75) is 57.9 Å². The van der Waals surface area contributed by atoms with Crippen molar-refractivity contribution < 1.29 is 0 Å². The Morgan fingerprint density at radius 2 is 2.07 bits per heavy atom. The van der Waals surface area contributed by atoms with E-state index in [1.807, 2.05) is 0 Å². The Labute approximate surface area is 87.8 Å². The molecular formula is C13H23N. The lowest BCUT2D eigenvalue weighted by atomic mass is 9.75. The summed E-state index contributed by atoms with van der Waals surface area (Å²) in [5.41, 5.74) is 7.68. The van der Waals surface area contributed by atoms with Gasteiger partial charge in [0.25, 0.3) is 0 Å². The molecule has 1 saturated carbocycles. The molecule has 0 heterocycles. The molecule has 1 fully saturated rings. The summed E-state index contributed by atoms with van der Waals surface area (Å²) in [6.45, 7) is 2.40. The first kappa shape index (κ1) is 10.2. The fourth-order valence-corrected chi connectivity index (χ4v) is 3.09. The topological polar surface area (TPSA) is 26.0 Å². The second-order valence-corrected chi connectivity index (χ2v) is 5.27. The number of hydrogen-bond acceptors (Lipinski definition) is 1. The lowest BCUT2D eigenvalue weighted by Crippen LogP contribution is -2.24. The summed E-state index contributed by atoms with van der Waals surface area (Å²) in [4.78, 5) is 0. The monoisotopic (exact) mass is 193 g/mol. The van der Waals surface area contributed by atoms with E-state index in [2.05, 4.69) is 13.0 Å². The molecule has 0 aromatic carbocycles. The van der Waals surface area contributed by atoms with Gasteiger partial charge in [0.15, 0.2) is 0 Å². The third-order valence-corrected chi connectivity index (χ3v) is 3.89. The van der Waals surface area contributed by atoms with Crippen molar-refractivity contribution in [3.63, 3.8) is 0 Å². The Kier molecular flexibility index (Phi) is 3.27. The number of hydrogen-bond donors (Lipinski definition) is 1. The van der Waals surface area contributed by atoms with Crippen molar-refractivity contribution in [2.75, 3.05) is 0 Å². The van der Waals surface area contributed by atoms with Gasteiger partial charge in [-0.1, -0.05) is 31.4 Å². The minimum atomic E-state index is 0.357. The summed E-state index contributed by atoms with van der Waals surface area (Å²) in [6.07, 6.45) is 11.9. The van der Waals surface area contributed by atoms with E-state index in [1.54, 1.807) is 5.57 Å². The lowest BCUT2D eigenvalue weighted by Gasteiger charge is -2.31. The molecule has 2 N–H and O–H groups in total. The Balaban J connectivity index is 1.99. The summed E-state index contributed by atoms with van der Waals surface area (Å²) >= 11 is 0. The first-order valence-corrected chi connectivity index (χ1v) is 6.22. The molecule has 3 unspecified atom stereocenters. The zero-order valence-electron chi connectivity index (χ0n) is 9.34. The van der Waals surface area contributed by atoms with E-state index < -0.39 is 0 Å². The van der Waals surface area contributed by atoms with Gasteiger partial charge in [-0.25, -0.2) is 0 Å². The highest BCUT2D eigenvalue weighted by Crippen LogP contribution is 2.36. The average Bonchev–Trinajstić information content (AvgIpc) is 2.18. The molecule has 0 aliphatic heterocycles. The van der Waals surface area contributed by atoms with Crippen molar-refractivity contribution in [2.24, 2.45) is 17.6 Å². The smallest absolute Gasteiger partial charge is 0.0226 e. The predicted molar refractivity (Wildman–Crippen MR) is 61.0 cm³/mol. The summed E-state index contributed by atoms with van der Waals surface area (Å²) < 4.78 is 0. The van der Waals surface area contributed by atoms with Crippen LogP contribution in [0.5, 0.6) is 0 Å². The van der Waals surface area contributed by atoms with Crippen LogP contribution in [0.2, 0.25) is 0 Å². The second kappa shape index (κ2) is 4.48. The van der Waals surface area contributed by atoms with Gasteiger partial charge in [-0.15, -0.1) is 0 Å². The Bertz CT molecular complexity index is 219. The summed E-state index contributed by atoms with van der Waals surface area (Å²) in [5, 5.41) is 0. The third kappa shape index (κ3) is 2.38. The van der Waals surface area contributed by atoms with Crippen LogP contribution >= 0.6 is 0 Å². The standard InChI is InChI=1S/C13H23N/c1-10-4-2-5-11(8-10)12-6-3-7-13(14)9-12/h9-11,13H,2-8,14H2,1H3. The van der Waals surface area contributed by atoms with E-state index in [0.29, 0.717) is 6.04 Å². The molecule has 0 bridgehead atoms. The van der Waals surface area contributed by atoms with Gasteiger partial charge in [0.05, 0.1) is 0 Å². The van der Waals surface area contributed by atoms with E-state index in [1.165, 1.54) is 44.9 Å². The fourth-order valence-electron chi connectivity index (χ4n) is 3.09. The van der Waals surface area contributed by atoms with Crippen molar-refractivity contribution in [3.8, 4) is 0 Å². The minimum Gasteiger partial charge on any atom is -0.324 e. The fraction of sp³-hybridized carbons (Fsp3) is 0.846. The maximum atomic E-state index is 5.99. The molecule has 0 aromatic rings. The first-order chi connectivity index (χ1) is 6.75. The molecule has 0 saturated heterocycles. The Morgan fingerprint density at radius 1 is 1.21 bits per heavy atom. The van der Waals surface area contributed by atoms with Crippen molar-refractivity contribution >= 4 is 0 Å². The predicted octanol–water partition coefficient (Wildman–Crippen LogP) is 3.25. The molecule has 3 atom stereocenters. The van der Waals surface area contributed by atoms with E-state index in [0.717, 1.165) is 11.8 Å². The zero-order valence-corrected chi connectivity index (χ0v) is 9.34. The lowest BCUT2D eigenvalue weighted by molar-refractivity contribution is 0.305. The molecule has 1 heteroatoms. The number of allylic oxidation sites excluding steroid dienone is 1. The number of nitrogens with two attached hydrogens (primary N) is 1. The molecule has 2 rings (SSSR count). The van der Waals surface area contributed by atoms with Gasteiger partial charge in [-0.05, 0) is 43.9 Å². The van der Waals surface area contributed by atoms with Gasteiger partial charge in [0.2, 0.25) is 0 Å². The van der Waals surface area contributed by atoms with Crippen LogP contribution in [0.25, 0.3) is 0 Å².